The van der Waals surface area contributed by atoms with E-state index in [2.05, 4.69) is 37.3 Å². The van der Waals surface area contributed by atoms with E-state index >= 15 is 0 Å². The van der Waals surface area contributed by atoms with Crippen LogP contribution < -0.4 is 9.47 Å². The predicted octanol–water partition coefficient (Wildman–Crippen LogP) is 4.89. The minimum Gasteiger partial charge on any atom is -0.497 e. The Balaban J connectivity index is 2.07. The first-order chi connectivity index (χ1) is 9.71. The lowest BCUT2D eigenvalue weighted by Crippen LogP contribution is -1.86. The van der Waals surface area contributed by atoms with Crippen molar-refractivity contribution in [1.82, 2.24) is 0 Å². The molecule has 1 aromatic heterocycles. The van der Waals surface area contributed by atoms with Crippen molar-refractivity contribution in [3.8, 4) is 21.9 Å². The smallest absolute Gasteiger partial charge is 0.121 e. The minimum atomic E-state index is 0.900. The third-order valence-corrected chi connectivity index (χ3v) is 4.55. The Kier molecular flexibility index (Phi) is 3.36. The van der Waals surface area contributed by atoms with Crippen LogP contribution in [0, 0.1) is 6.92 Å². The largest absolute Gasteiger partial charge is 0.497 e. The lowest BCUT2D eigenvalue weighted by molar-refractivity contribution is 0.412. The molecule has 0 radical (unpaired) electrons. The first-order valence-corrected chi connectivity index (χ1v) is 7.25. The van der Waals surface area contributed by atoms with Crippen molar-refractivity contribution in [1.29, 1.82) is 0 Å². The molecule has 102 valence electrons. The monoisotopic (exact) mass is 284 g/mol. The van der Waals surface area contributed by atoms with Crippen LogP contribution in [0.5, 0.6) is 11.5 Å². The van der Waals surface area contributed by atoms with Gasteiger partial charge in [-0.1, -0.05) is 0 Å². The first-order valence-electron chi connectivity index (χ1n) is 6.44. The molecular formula is C17H16O2S. The molecule has 0 atom stereocenters. The molecule has 0 N–H and O–H groups in total. The number of aryl methyl sites for hydroxylation is 1. The van der Waals surface area contributed by atoms with Crippen LogP contribution in [0.1, 0.15) is 5.56 Å². The highest BCUT2D eigenvalue weighted by molar-refractivity contribution is 7.22. The number of benzene rings is 2. The van der Waals surface area contributed by atoms with Gasteiger partial charge in [0.1, 0.15) is 11.5 Å². The zero-order valence-corrected chi connectivity index (χ0v) is 12.6. The van der Waals surface area contributed by atoms with E-state index in [9.17, 15) is 0 Å². The molecule has 0 unspecified atom stereocenters. The second kappa shape index (κ2) is 5.17. The van der Waals surface area contributed by atoms with E-state index in [1.165, 1.54) is 20.5 Å². The number of thiophene rings is 1. The summed E-state index contributed by atoms with van der Waals surface area (Å²) in [5, 5.41) is 1.25. The molecule has 0 saturated heterocycles. The standard InChI is InChI=1S/C17H16O2S/c1-11-8-12(5-7-15(11)19-3)16-9-13-4-6-14(18-2)10-17(13)20-16/h4-10H,1-3H3. The number of rotatable bonds is 3. The van der Waals surface area contributed by atoms with Crippen LogP contribution in [0.3, 0.4) is 0 Å². The number of hydrogen-bond acceptors (Lipinski definition) is 3. The molecule has 3 aromatic rings. The van der Waals surface area contributed by atoms with Crippen molar-refractivity contribution in [2.45, 2.75) is 6.92 Å². The van der Waals surface area contributed by atoms with Crippen LogP contribution in [0.2, 0.25) is 0 Å². The van der Waals surface area contributed by atoms with Gasteiger partial charge in [-0.15, -0.1) is 11.3 Å². The predicted molar refractivity (Wildman–Crippen MR) is 85.1 cm³/mol. The van der Waals surface area contributed by atoms with Crippen molar-refractivity contribution in [3.63, 3.8) is 0 Å². The van der Waals surface area contributed by atoms with Crippen LogP contribution in [0.15, 0.2) is 42.5 Å². The zero-order valence-electron chi connectivity index (χ0n) is 11.8. The molecule has 0 amide bonds. The van der Waals surface area contributed by atoms with E-state index in [1.54, 1.807) is 25.6 Å². The molecule has 1 heterocycles. The molecule has 0 aliphatic heterocycles. The molecule has 3 rings (SSSR count). The average molecular weight is 284 g/mol. The summed E-state index contributed by atoms with van der Waals surface area (Å²) in [6, 6.07) is 14.7. The van der Waals surface area contributed by atoms with E-state index in [1.807, 2.05) is 12.1 Å². The van der Waals surface area contributed by atoms with E-state index in [4.69, 9.17) is 9.47 Å². The zero-order chi connectivity index (χ0) is 14.1. The SMILES string of the molecule is COc1ccc2cc(-c3ccc(OC)c(C)c3)sc2c1. The summed E-state index contributed by atoms with van der Waals surface area (Å²) in [4.78, 5) is 1.26. The van der Waals surface area contributed by atoms with Gasteiger partial charge >= 0.3 is 0 Å². The van der Waals surface area contributed by atoms with Crippen molar-refractivity contribution >= 4 is 21.4 Å². The summed E-state index contributed by atoms with van der Waals surface area (Å²) < 4.78 is 11.8. The van der Waals surface area contributed by atoms with Gasteiger partial charge < -0.3 is 9.47 Å². The van der Waals surface area contributed by atoms with Crippen LogP contribution in [0.25, 0.3) is 20.5 Å². The van der Waals surface area contributed by atoms with Crippen molar-refractivity contribution in [2.75, 3.05) is 14.2 Å². The lowest BCUT2D eigenvalue weighted by atomic mass is 10.1. The van der Waals surface area contributed by atoms with Gasteiger partial charge in [-0.2, -0.15) is 0 Å². The molecule has 0 saturated carbocycles. The van der Waals surface area contributed by atoms with E-state index in [-0.39, 0.29) is 0 Å². The molecule has 0 fully saturated rings. The molecule has 3 heteroatoms. The summed E-state index contributed by atoms with van der Waals surface area (Å²) in [7, 11) is 3.40. The Bertz CT molecular complexity index is 759. The number of hydrogen-bond donors (Lipinski definition) is 0. The molecule has 0 aliphatic carbocycles. The van der Waals surface area contributed by atoms with E-state index in [0.717, 1.165) is 17.1 Å². The highest BCUT2D eigenvalue weighted by Crippen LogP contribution is 2.36. The van der Waals surface area contributed by atoms with Gasteiger partial charge in [0.2, 0.25) is 0 Å². The summed E-state index contributed by atoms with van der Waals surface area (Å²) in [6.45, 7) is 2.07. The second-order valence-corrected chi connectivity index (χ2v) is 5.78. The Morgan fingerprint density at radius 3 is 2.45 bits per heavy atom. The van der Waals surface area contributed by atoms with Crippen LogP contribution >= 0.6 is 11.3 Å². The van der Waals surface area contributed by atoms with Gasteiger partial charge in [0.05, 0.1) is 14.2 Å². The van der Waals surface area contributed by atoms with Gasteiger partial charge in [-0.05, 0) is 65.9 Å². The van der Waals surface area contributed by atoms with Crippen molar-refractivity contribution < 1.29 is 9.47 Å². The molecule has 0 bridgehead atoms. The van der Waals surface area contributed by atoms with Crippen LogP contribution in [-0.4, -0.2) is 14.2 Å². The van der Waals surface area contributed by atoms with Gasteiger partial charge in [0.15, 0.2) is 0 Å². The number of methoxy groups -OCH3 is 2. The maximum atomic E-state index is 5.31. The van der Waals surface area contributed by atoms with Crippen LogP contribution in [0.4, 0.5) is 0 Å². The van der Waals surface area contributed by atoms with Crippen LogP contribution in [-0.2, 0) is 0 Å². The topological polar surface area (TPSA) is 18.5 Å². The molecule has 0 spiro atoms. The highest BCUT2D eigenvalue weighted by atomic mass is 32.1. The fourth-order valence-corrected chi connectivity index (χ4v) is 3.40. The Labute approximate surface area is 122 Å². The van der Waals surface area contributed by atoms with Gasteiger partial charge in [-0.25, -0.2) is 0 Å². The fraction of sp³-hybridized carbons (Fsp3) is 0.176. The van der Waals surface area contributed by atoms with Gasteiger partial charge in [-0.3, -0.25) is 0 Å². The molecule has 0 aliphatic rings. The van der Waals surface area contributed by atoms with Crippen molar-refractivity contribution in [2.24, 2.45) is 0 Å². The minimum absolute atomic E-state index is 0.900. The first kappa shape index (κ1) is 13.0. The van der Waals surface area contributed by atoms with Gasteiger partial charge in [0, 0.05) is 9.58 Å². The summed E-state index contributed by atoms with van der Waals surface area (Å²) in [5.74, 6) is 1.83. The lowest BCUT2D eigenvalue weighted by Gasteiger charge is -2.05. The third kappa shape index (κ3) is 2.25. The molecule has 2 nitrogen and oxygen atoms in total. The third-order valence-electron chi connectivity index (χ3n) is 3.41. The second-order valence-electron chi connectivity index (χ2n) is 4.70. The van der Waals surface area contributed by atoms with Crippen molar-refractivity contribution in [3.05, 3.63) is 48.0 Å². The summed E-state index contributed by atoms with van der Waals surface area (Å²) in [5.41, 5.74) is 2.38. The molecule has 2 aromatic carbocycles. The fourth-order valence-electron chi connectivity index (χ4n) is 2.31. The highest BCUT2D eigenvalue weighted by Gasteiger charge is 2.07. The molecule has 20 heavy (non-hydrogen) atoms. The Hall–Kier alpha value is -2.00. The number of ether oxygens (including phenoxy) is 2. The van der Waals surface area contributed by atoms with E-state index < -0.39 is 0 Å². The normalized spacial score (nSPS) is 10.8. The summed E-state index contributed by atoms with van der Waals surface area (Å²) in [6.07, 6.45) is 0. The maximum Gasteiger partial charge on any atom is 0.121 e. The maximum absolute atomic E-state index is 5.31. The average Bonchev–Trinajstić information content (AvgIpc) is 2.89. The Morgan fingerprint density at radius 1 is 0.900 bits per heavy atom. The van der Waals surface area contributed by atoms with Gasteiger partial charge in [0.25, 0.3) is 0 Å². The van der Waals surface area contributed by atoms with E-state index in [0.29, 0.717) is 0 Å². The number of fused-ring (bicyclic) bond motifs is 1. The quantitative estimate of drug-likeness (QED) is 0.681. The summed E-state index contributed by atoms with van der Waals surface area (Å²) >= 11 is 1.78. The molecular weight excluding hydrogens is 268 g/mol. The Morgan fingerprint density at radius 2 is 1.75 bits per heavy atom.